The molecule has 0 aliphatic heterocycles. The summed E-state index contributed by atoms with van der Waals surface area (Å²) in [7, 11) is -1.24. The van der Waals surface area contributed by atoms with Crippen LogP contribution in [0.15, 0.2) is 29.1 Å². The molecule has 1 unspecified atom stereocenters. The normalized spacial score (nSPS) is 13.5. The molecule has 3 N–H and O–H groups in total. The van der Waals surface area contributed by atoms with Crippen LogP contribution < -0.4 is 16.2 Å². The van der Waals surface area contributed by atoms with E-state index >= 15 is 0 Å². The molecule has 0 aliphatic carbocycles. The highest BCUT2D eigenvalue weighted by atomic mass is 31.2. The van der Waals surface area contributed by atoms with E-state index in [0.717, 1.165) is 24.0 Å². The van der Waals surface area contributed by atoms with Crippen molar-refractivity contribution in [2.75, 3.05) is 26.1 Å². The van der Waals surface area contributed by atoms with E-state index in [2.05, 4.69) is 21.9 Å². The van der Waals surface area contributed by atoms with Crippen LogP contribution >= 0.6 is 7.37 Å². The van der Waals surface area contributed by atoms with Gasteiger partial charge in [0.15, 0.2) is 11.5 Å². The smallest absolute Gasteiger partial charge is 0.328 e. The lowest BCUT2D eigenvalue weighted by Crippen LogP contribution is -2.18. The van der Waals surface area contributed by atoms with Crippen LogP contribution in [0.3, 0.4) is 0 Å². The minimum absolute atomic E-state index is 0.150. The van der Waals surface area contributed by atoms with E-state index in [-0.39, 0.29) is 24.1 Å². The highest BCUT2D eigenvalue weighted by molar-refractivity contribution is 7.57. The predicted molar refractivity (Wildman–Crippen MR) is 113 cm³/mol. The summed E-state index contributed by atoms with van der Waals surface area (Å²) >= 11 is 0. The fourth-order valence-electron chi connectivity index (χ4n) is 2.95. The van der Waals surface area contributed by atoms with Crippen LogP contribution in [0.25, 0.3) is 11.2 Å². The molecule has 156 valence electrons. The second-order valence-electron chi connectivity index (χ2n) is 6.98. The van der Waals surface area contributed by atoms with Gasteiger partial charge in [-0.2, -0.15) is 9.97 Å². The van der Waals surface area contributed by atoms with Gasteiger partial charge in [-0.3, -0.25) is 9.13 Å². The van der Waals surface area contributed by atoms with E-state index in [1.807, 2.05) is 24.3 Å². The zero-order chi connectivity index (χ0) is 21.0. The average Bonchev–Trinajstić information content (AvgIpc) is 2.98. The second-order valence-corrected chi connectivity index (χ2v) is 9.69. The van der Waals surface area contributed by atoms with Crippen LogP contribution in [-0.4, -0.2) is 39.9 Å². The number of ether oxygens (including phenoxy) is 1. The van der Waals surface area contributed by atoms with Crippen molar-refractivity contribution in [1.29, 1.82) is 0 Å². The number of nitrogens with zero attached hydrogens (tertiary/aromatic N) is 3. The Kier molecular flexibility index (Phi) is 6.39. The highest BCUT2D eigenvalue weighted by Crippen LogP contribution is 2.45. The maximum atomic E-state index is 12.5. The lowest BCUT2D eigenvalue weighted by molar-refractivity contribution is 0.286. The van der Waals surface area contributed by atoms with Crippen molar-refractivity contribution < 1.29 is 13.8 Å². The predicted octanol–water partition coefficient (Wildman–Crippen LogP) is 2.98. The van der Waals surface area contributed by atoms with Gasteiger partial charge in [-0.15, -0.1) is 0 Å². The molecule has 1 aromatic carbocycles. The summed E-state index contributed by atoms with van der Waals surface area (Å²) in [6, 6.07) is 7.70. The largest absolute Gasteiger partial charge is 0.463 e. The minimum Gasteiger partial charge on any atom is -0.463 e. The summed E-state index contributed by atoms with van der Waals surface area (Å²) in [6.45, 7) is 4.42. The summed E-state index contributed by atoms with van der Waals surface area (Å²) in [6.07, 6.45) is 2.18. The number of rotatable bonds is 9. The van der Waals surface area contributed by atoms with Gasteiger partial charge in [0, 0.05) is 19.9 Å². The fourth-order valence-corrected chi connectivity index (χ4v) is 3.94. The third kappa shape index (κ3) is 5.05. The first-order valence-corrected chi connectivity index (χ1v) is 11.7. The minimum atomic E-state index is -2.69. The second kappa shape index (κ2) is 8.80. The summed E-state index contributed by atoms with van der Waals surface area (Å²) in [5, 5.41) is 0. The number of benzene rings is 1. The van der Waals surface area contributed by atoms with Crippen molar-refractivity contribution in [3.8, 4) is 6.01 Å². The molecule has 3 rings (SSSR count). The maximum Gasteiger partial charge on any atom is 0.328 e. The molecule has 0 amide bonds. The summed E-state index contributed by atoms with van der Waals surface area (Å²) in [5.74, 6) is 0.165. The van der Waals surface area contributed by atoms with Crippen molar-refractivity contribution in [2.24, 2.45) is 0 Å². The number of nitrogens with one attached hydrogen (secondary N) is 1. The van der Waals surface area contributed by atoms with Crippen LogP contribution in [0.5, 0.6) is 6.01 Å². The topological polar surface area (TPSA) is 125 Å². The van der Waals surface area contributed by atoms with Gasteiger partial charge in [0.05, 0.1) is 13.2 Å². The number of hydrogen-bond donors (Lipinski definition) is 2. The molecule has 0 aliphatic rings. The van der Waals surface area contributed by atoms with E-state index < -0.39 is 7.37 Å². The van der Waals surface area contributed by atoms with Gasteiger partial charge in [0.25, 0.3) is 0 Å². The highest BCUT2D eigenvalue weighted by Gasteiger charge is 2.17. The zero-order valence-electron chi connectivity index (χ0n) is 16.8. The summed E-state index contributed by atoms with van der Waals surface area (Å²) < 4.78 is 24.4. The third-order valence-electron chi connectivity index (χ3n) is 4.55. The first-order chi connectivity index (χ1) is 13.8. The molecule has 9 nitrogen and oxygen atoms in total. The standard InChI is InChI=1S/C19H26N5O4P/c1-4-5-9-28-18-22-16(20)15-17(23-18)24(19(25)21-15)11-13-7-6-8-14(10-13)12-29(3,26)27-2/h6-8,10H,4-5,9,11-12H2,1-3H3,(H,21,25)(H2,20,22,23). The summed E-state index contributed by atoms with van der Waals surface area (Å²) in [5.41, 5.74) is 8.16. The van der Waals surface area contributed by atoms with E-state index in [4.69, 9.17) is 15.0 Å². The van der Waals surface area contributed by atoms with Crippen LogP contribution in [0.2, 0.25) is 0 Å². The SMILES string of the molecule is CCCCOc1nc(N)c2[nH]c(=O)n(Cc3cccc(CP(C)(=O)OC)c3)c2n1. The molecule has 0 fully saturated rings. The molecule has 29 heavy (non-hydrogen) atoms. The third-order valence-corrected chi connectivity index (χ3v) is 6.26. The van der Waals surface area contributed by atoms with Gasteiger partial charge < -0.3 is 20.0 Å². The summed E-state index contributed by atoms with van der Waals surface area (Å²) in [4.78, 5) is 23.7. The van der Waals surface area contributed by atoms with Gasteiger partial charge in [-0.1, -0.05) is 37.6 Å². The number of aromatic nitrogens is 4. The molecule has 0 bridgehead atoms. The number of hydrogen-bond acceptors (Lipinski definition) is 7. The number of unbranched alkanes of at least 4 members (excludes halogenated alkanes) is 1. The Labute approximate surface area is 168 Å². The number of imidazole rings is 1. The van der Waals surface area contributed by atoms with Gasteiger partial charge in [0.2, 0.25) is 7.37 Å². The molecule has 2 heterocycles. The average molecular weight is 419 g/mol. The van der Waals surface area contributed by atoms with E-state index in [9.17, 15) is 9.36 Å². The van der Waals surface area contributed by atoms with Crippen molar-refractivity contribution in [3.63, 3.8) is 0 Å². The molecular formula is C19H26N5O4P. The van der Waals surface area contributed by atoms with Gasteiger partial charge >= 0.3 is 11.7 Å². The van der Waals surface area contributed by atoms with E-state index in [1.165, 1.54) is 11.7 Å². The van der Waals surface area contributed by atoms with Gasteiger partial charge in [0.1, 0.15) is 5.52 Å². The molecule has 0 saturated heterocycles. The number of aromatic amines is 1. The van der Waals surface area contributed by atoms with Crippen LogP contribution in [-0.2, 0) is 21.8 Å². The quantitative estimate of drug-likeness (QED) is 0.403. The van der Waals surface area contributed by atoms with Crippen LogP contribution in [0.1, 0.15) is 30.9 Å². The lowest BCUT2D eigenvalue weighted by atomic mass is 10.1. The lowest BCUT2D eigenvalue weighted by Gasteiger charge is -2.12. The Morgan fingerprint density at radius 1 is 1.28 bits per heavy atom. The van der Waals surface area contributed by atoms with Crippen LogP contribution in [0, 0.1) is 0 Å². The number of nitrogens with two attached hydrogens (primary N) is 1. The Bertz CT molecular complexity index is 1110. The Morgan fingerprint density at radius 2 is 2.03 bits per heavy atom. The Balaban J connectivity index is 1.93. The molecule has 10 heteroatoms. The van der Waals surface area contributed by atoms with Gasteiger partial charge in [-0.25, -0.2) is 4.79 Å². The monoisotopic (exact) mass is 419 g/mol. The zero-order valence-corrected chi connectivity index (χ0v) is 17.7. The number of H-pyrrole nitrogens is 1. The maximum absolute atomic E-state index is 12.5. The number of fused-ring (bicyclic) bond motifs is 1. The van der Waals surface area contributed by atoms with Crippen molar-refractivity contribution >= 4 is 24.4 Å². The van der Waals surface area contributed by atoms with Crippen molar-refractivity contribution in [2.45, 2.75) is 32.5 Å². The fraction of sp³-hybridized carbons (Fsp3) is 0.421. The molecule has 0 saturated carbocycles. The molecule has 3 aromatic rings. The Morgan fingerprint density at radius 3 is 2.76 bits per heavy atom. The first-order valence-electron chi connectivity index (χ1n) is 9.42. The van der Waals surface area contributed by atoms with Gasteiger partial charge in [-0.05, 0) is 17.5 Å². The molecule has 0 radical (unpaired) electrons. The first kappa shape index (κ1) is 21.1. The Hall–Kier alpha value is -2.64. The number of anilines is 1. The molecule has 0 spiro atoms. The van der Waals surface area contributed by atoms with Crippen molar-refractivity contribution in [3.05, 3.63) is 45.9 Å². The number of nitrogen functional groups attached to an aromatic ring is 1. The van der Waals surface area contributed by atoms with Crippen molar-refractivity contribution in [1.82, 2.24) is 19.5 Å². The molecule has 2 aromatic heterocycles. The molecule has 1 atom stereocenters. The van der Waals surface area contributed by atoms with E-state index in [1.54, 1.807) is 6.66 Å². The van der Waals surface area contributed by atoms with Crippen LogP contribution in [0.4, 0.5) is 5.82 Å². The van der Waals surface area contributed by atoms with E-state index in [0.29, 0.717) is 23.9 Å². The molecular weight excluding hydrogens is 393 g/mol.